The first-order chi connectivity index (χ1) is 9.01. The number of benzene rings is 1. The molecule has 3 nitrogen and oxygen atoms in total. The lowest BCUT2D eigenvalue weighted by atomic mass is 10.1. The van der Waals surface area contributed by atoms with Crippen LogP contribution in [0.3, 0.4) is 0 Å². The van der Waals surface area contributed by atoms with Gasteiger partial charge in [0.1, 0.15) is 5.82 Å². The summed E-state index contributed by atoms with van der Waals surface area (Å²) in [5.41, 5.74) is 2.34. The van der Waals surface area contributed by atoms with Gasteiger partial charge in [0.2, 0.25) is 0 Å². The molecule has 0 unspecified atom stereocenters. The number of nitrogens with zero attached hydrogens (tertiary/aromatic N) is 2. The van der Waals surface area contributed by atoms with Gasteiger partial charge in [0, 0.05) is 17.2 Å². The van der Waals surface area contributed by atoms with Crippen molar-refractivity contribution in [2.75, 3.05) is 7.11 Å². The highest BCUT2D eigenvalue weighted by Crippen LogP contribution is 2.25. The number of rotatable bonds is 3. The van der Waals surface area contributed by atoms with E-state index in [1.165, 1.54) is 13.2 Å². The van der Waals surface area contributed by atoms with Gasteiger partial charge in [0.05, 0.1) is 12.8 Å². The molecule has 0 fully saturated rings. The number of halogens is 1. The van der Waals surface area contributed by atoms with Gasteiger partial charge in [0.25, 0.3) is 0 Å². The van der Waals surface area contributed by atoms with Crippen molar-refractivity contribution in [2.45, 2.75) is 26.7 Å². The number of hydrogen-bond acceptors (Lipinski definition) is 3. The molecule has 2 aromatic rings. The molecule has 0 amide bonds. The predicted molar refractivity (Wildman–Crippen MR) is 72.8 cm³/mol. The number of hydrogen-bond donors (Lipinski definition) is 0. The molecule has 100 valence electrons. The van der Waals surface area contributed by atoms with Crippen molar-refractivity contribution < 1.29 is 9.13 Å². The van der Waals surface area contributed by atoms with Gasteiger partial charge in [-0.05, 0) is 31.2 Å². The summed E-state index contributed by atoms with van der Waals surface area (Å²) < 4.78 is 18.6. The van der Waals surface area contributed by atoms with Gasteiger partial charge >= 0.3 is 0 Å². The van der Waals surface area contributed by atoms with Gasteiger partial charge in [-0.25, -0.2) is 14.4 Å². The Hall–Kier alpha value is -1.97. The largest absolute Gasteiger partial charge is 0.494 e. The summed E-state index contributed by atoms with van der Waals surface area (Å²) in [7, 11) is 1.45. The first-order valence-corrected chi connectivity index (χ1v) is 6.20. The van der Waals surface area contributed by atoms with E-state index >= 15 is 0 Å². The third-order valence-electron chi connectivity index (χ3n) is 2.84. The van der Waals surface area contributed by atoms with Crippen molar-refractivity contribution >= 4 is 0 Å². The van der Waals surface area contributed by atoms with Crippen molar-refractivity contribution in [1.29, 1.82) is 0 Å². The van der Waals surface area contributed by atoms with Crippen LogP contribution in [0.2, 0.25) is 0 Å². The molecule has 4 heteroatoms. The van der Waals surface area contributed by atoms with Crippen molar-refractivity contribution in [3.8, 4) is 17.0 Å². The Morgan fingerprint density at radius 2 is 1.89 bits per heavy atom. The van der Waals surface area contributed by atoms with Crippen molar-refractivity contribution in [2.24, 2.45) is 0 Å². The van der Waals surface area contributed by atoms with E-state index in [1.807, 2.05) is 26.8 Å². The average molecular weight is 260 g/mol. The summed E-state index contributed by atoms with van der Waals surface area (Å²) in [6.45, 7) is 5.98. The molecule has 0 aliphatic heterocycles. The lowest BCUT2D eigenvalue weighted by Gasteiger charge is -2.09. The zero-order valence-corrected chi connectivity index (χ0v) is 11.6. The minimum Gasteiger partial charge on any atom is -0.494 e. The van der Waals surface area contributed by atoms with E-state index in [1.54, 1.807) is 12.1 Å². The van der Waals surface area contributed by atoms with Crippen LogP contribution in [0.25, 0.3) is 11.3 Å². The molecule has 0 aliphatic rings. The summed E-state index contributed by atoms with van der Waals surface area (Å²) in [6.07, 6.45) is 0. The average Bonchev–Trinajstić information content (AvgIpc) is 2.37. The Morgan fingerprint density at radius 1 is 1.16 bits per heavy atom. The van der Waals surface area contributed by atoms with Crippen LogP contribution in [0.1, 0.15) is 31.3 Å². The fourth-order valence-electron chi connectivity index (χ4n) is 1.82. The van der Waals surface area contributed by atoms with Crippen LogP contribution in [0.15, 0.2) is 24.3 Å². The lowest BCUT2D eigenvalue weighted by Crippen LogP contribution is -2.01. The minimum absolute atomic E-state index is 0.235. The highest BCUT2D eigenvalue weighted by Gasteiger charge is 2.10. The fraction of sp³-hybridized carbons (Fsp3) is 0.333. The Morgan fingerprint density at radius 3 is 2.47 bits per heavy atom. The van der Waals surface area contributed by atoms with Crippen molar-refractivity contribution in [3.63, 3.8) is 0 Å². The zero-order chi connectivity index (χ0) is 14.0. The fourth-order valence-corrected chi connectivity index (χ4v) is 1.82. The summed E-state index contributed by atoms with van der Waals surface area (Å²) in [5.74, 6) is 0.856. The second kappa shape index (κ2) is 5.34. The maximum atomic E-state index is 13.7. The minimum atomic E-state index is -0.387. The third kappa shape index (κ3) is 2.89. The van der Waals surface area contributed by atoms with E-state index in [4.69, 9.17) is 4.74 Å². The van der Waals surface area contributed by atoms with E-state index in [0.717, 1.165) is 22.8 Å². The Bertz CT molecular complexity index is 597. The van der Waals surface area contributed by atoms with E-state index < -0.39 is 0 Å². The maximum Gasteiger partial charge on any atom is 0.165 e. The molecule has 1 aromatic heterocycles. The van der Waals surface area contributed by atoms with Crippen molar-refractivity contribution in [1.82, 2.24) is 9.97 Å². The van der Waals surface area contributed by atoms with E-state index in [-0.39, 0.29) is 17.5 Å². The summed E-state index contributed by atoms with van der Waals surface area (Å²) in [6, 6.07) is 6.70. The maximum absolute atomic E-state index is 13.7. The molecule has 1 aromatic carbocycles. The van der Waals surface area contributed by atoms with Gasteiger partial charge in [-0.1, -0.05) is 13.8 Å². The second-order valence-electron chi connectivity index (χ2n) is 4.76. The number of ether oxygens (including phenoxy) is 1. The summed E-state index contributed by atoms with van der Waals surface area (Å²) in [5, 5.41) is 0. The van der Waals surface area contributed by atoms with Crippen LogP contribution in [0.4, 0.5) is 4.39 Å². The zero-order valence-electron chi connectivity index (χ0n) is 11.6. The van der Waals surface area contributed by atoms with Gasteiger partial charge in [-0.15, -0.1) is 0 Å². The molecule has 1 heterocycles. The van der Waals surface area contributed by atoms with E-state index in [0.29, 0.717) is 0 Å². The Labute approximate surface area is 112 Å². The molecule has 0 saturated heterocycles. The molecule has 0 aliphatic carbocycles. The first-order valence-electron chi connectivity index (χ1n) is 6.20. The molecule has 0 atom stereocenters. The monoisotopic (exact) mass is 260 g/mol. The Kier molecular flexibility index (Phi) is 3.79. The van der Waals surface area contributed by atoms with Crippen LogP contribution in [-0.4, -0.2) is 17.1 Å². The molecule has 2 rings (SSSR count). The highest BCUT2D eigenvalue weighted by molar-refractivity contribution is 5.60. The van der Waals surface area contributed by atoms with Crippen LogP contribution in [0.5, 0.6) is 5.75 Å². The quantitative estimate of drug-likeness (QED) is 0.843. The number of methoxy groups -OCH3 is 1. The predicted octanol–water partition coefficient (Wildman–Crippen LogP) is 3.72. The van der Waals surface area contributed by atoms with Gasteiger partial charge in [-0.3, -0.25) is 0 Å². The summed E-state index contributed by atoms with van der Waals surface area (Å²) in [4.78, 5) is 8.87. The highest BCUT2D eigenvalue weighted by atomic mass is 19.1. The second-order valence-corrected chi connectivity index (χ2v) is 4.76. The van der Waals surface area contributed by atoms with E-state index in [2.05, 4.69) is 9.97 Å². The molecule has 0 radical (unpaired) electrons. The summed E-state index contributed by atoms with van der Waals surface area (Å²) >= 11 is 0. The topological polar surface area (TPSA) is 35.0 Å². The SMILES string of the molecule is COc1ccc(-c2cc(C)nc(C(C)C)n2)cc1F. The number of aromatic nitrogens is 2. The molecular formula is C15H17FN2O. The molecule has 0 saturated carbocycles. The molecular weight excluding hydrogens is 243 g/mol. The first kappa shape index (κ1) is 13.5. The molecule has 0 bridgehead atoms. The van der Waals surface area contributed by atoms with Gasteiger partial charge in [-0.2, -0.15) is 0 Å². The lowest BCUT2D eigenvalue weighted by molar-refractivity contribution is 0.386. The van der Waals surface area contributed by atoms with Crippen LogP contribution in [-0.2, 0) is 0 Å². The van der Waals surface area contributed by atoms with Crippen LogP contribution in [0, 0.1) is 12.7 Å². The normalized spacial score (nSPS) is 10.8. The van der Waals surface area contributed by atoms with Gasteiger partial charge < -0.3 is 4.74 Å². The van der Waals surface area contributed by atoms with Crippen molar-refractivity contribution in [3.05, 3.63) is 41.6 Å². The molecule has 19 heavy (non-hydrogen) atoms. The molecule has 0 N–H and O–H groups in total. The van der Waals surface area contributed by atoms with Crippen LogP contribution < -0.4 is 4.74 Å². The smallest absolute Gasteiger partial charge is 0.165 e. The number of aryl methyl sites for hydroxylation is 1. The Balaban J connectivity index is 2.49. The van der Waals surface area contributed by atoms with Crippen LogP contribution >= 0.6 is 0 Å². The van der Waals surface area contributed by atoms with E-state index in [9.17, 15) is 4.39 Å². The van der Waals surface area contributed by atoms with Gasteiger partial charge in [0.15, 0.2) is 11.6 Å². The third-order valence-corrected chi connectivity index (χ3v) is 2.84. The molecule has 0 spiro atoms. The standard InChI is InChI=1S/C15H17FN2O/c1-9(2)15-17-10(3)7-13(18-15)11-5-6-14(19-4)12(16)8-11/h5-9H,1-4H3.